The second kappa shape index (κ2) is 23.6. The number of carbonyl (C=O) groups excluding carboxylic acids is 2. The molecule has 66 heavy (non-hydrogen) atoms. The van der Waals surface area contributed by atoms with Gasteiger partial charge in [-0.1, -0.05) is 48.4 Å². The van der Waals surface area contributed by atoms with Gasteiger partial charge in [-0.15, -0.1) is 25.3 Å². The summed E-state index contributed by atoms with van der Waals surface area (Å²) in [5.41, 5.74) is 8.58. The average Bonchev–Trinajstić information content (AvgIpc) is 3.89. The van der Waals surface area contributed by atoms with Gasteiger partial charge in [-0.05, 0) is 114 Å². The molecule has 14 heteroatoms. The minimum Gasteiger partial charge on any atom is -0.493 e. The number of benzene rings is 4. The molecule has 3 aromatic heterocycles. The summed E-state index contributed by atoms with van der Waals surface area (Å²) in [4.78, 5) is 47.8. The molecule has 0 bridgehead atoms. The molecule has 1 amide bonds. The Kier molecular flexibility index (Phi) is 17.2. The van der Waals surface area contributed by atoms with Gasteiger partial charge in [0, 0.05) is 72.5 Å². The average molecular weight is 929 g/mol. The largest absolute Gasteiger partial charge is 0.493 e. The molecule has 7 rings (SSSR count). The van der Waals surface area contributed by atoms with Crippen molar-refractivity contribution in [1.29, 1.82) is 0 Å². The number of amides is 1. The van der Waals surface area contributed by atoms with Crippen LogP contribution in [0.1, 0.15) is 88.1 Å². The molecule has 0 N–H and O–H groups in total. The van der Waals surface area contributed by atoms with Crippen LogP contribution >= 0.6 is 25.3 Å². The Morgan fingerprint density at radius 2 is 1.26 bits per heavy atom. The van der Waals surface area contributed by atoms with Crippen molar-refractivity contribution in [3.05, 3.63) is 114 Å². The van der Waals surface area contributed by atoms with Crippen LogP contribution in [0, 0.1) is 13.8 Å². The third kappa shape index (κ3) is 12.3. The van der Waals surface area contributed by atoms with Gasteiger partial charge in [-0.2, -0.15) is 5.06 Å². The fourth-order valence-corrected chi connectivity index (χ4v) is 8.41. The summed E-state index contributed by atoms with van der Waals surface area (Å²) in [5, 5.41) is 1.21. The van der Waals surface area contributed by atoms with Gasteiger partial charge in [0.15, 0.2) is 5.82 Å². The summed E-state index contributed by atoms with van der Waals surface area (Å²) in [7, 11) is 1.61. The lowest BCUT2D eigenvalue weighted by Crippen LogP contribution is -2.34. The molecular formula is C52H60N6O6S2. The molecule has 0 aliphatic carbocycles. The minimum absolute atomic E-state index is 0.190. The first-order valence-electron chi connectivity index (χ1n) is 22.9. The summed E-state index contributed by atoms with van der Waals surface area (Å²) in [6, 6.07) is 30.3. The molecule has 0 saturated carbocycles. The van der Waals surface area contributed by atoms with E-state index >= 15 is 0 Å². The van der Waals surface area contributed by atoms with Crippen LogP contribution < -0.4 is 9.47 Å². The second-order valence-electron chi connectivity index (χ2n) is 16.5. The second-order valence-corrected chi connectivity index (χ2v) is 17.5. The molecule has 0 fully saturated rings. The molecule has 12 nitrogen and oxygen atoms in total. The van der Waals surface area contributed by atoms with E-state index in [2.05, 4.69) is 83.4 Å². The van der Waals surface area contributed by atoms with Crippen LogP contribution in [0.4, 0.5) is 0 Å². The molecule has 0 unspecified atom stereocenters. The first-order valence-corrected chi connectivity index (χ1v) is 23.8. The van der Waals surface area contributed by atoms with Crippen LogP contribution in [0.3, 0.4) is 0 Å². The van der Waals surface area contributed by atoms with E-state index in [4.69, 9.17) is 54.3 Å². The maximum absolute atomic E-state index is 13.3. The molecule has 0 atom stereocenters. The number of nitrogens with zero attached hydrogens (tertiary/aromatic N) is 6. The Bertz CT molecular complexity index is 2700. The zero-order chi connectivity index (χ0) is 46.4. The number of hydrogen-bond acceptors (Lipinski definition) is 11. The number of rotatable bonds is 23. The Morgan fingerprint density at radius 1 is 0.667 bits per heavy atom. The molecule has 0 aliphatic rings. The predicted octanol–water partition coefficient (Wildman–Crippen LogP) is 11.5. The van der Waals surface area contributed by atoms with E-state index < -0.39 is 5.97 Å². The Labute approximate surface area is 398 Å². The Balaban J connectivity index is 0.858. The highest BCUT2D eigenvalue weighted by Gasteiger charge is 2.21. The smallest absolute Gasteiger partial charge is 0.332 e. The number of thiol groups is 2. The normalized spacial score (nSPS) is 11.4. The van der Waals surface area contributed by atoms with Gasteiger partial charge in [-0.3, -0.25) is 18.9 Å². The number of aromatic nitrogens is 5. The highest BCUT2D eigenvalue weighted by atomic mass is 32.1. The monoisotopic (exact) mass is 928 g/mol. The quantitative estimate of drug-likeness (QED) is 0.0367. The number of pyridine rings is 1. The zero-order valence-electron chi connectivity index (χ0n) is 38.4. The lowest BCUT2D eigenvalue weighted by Gasteiger charge is -2.21. The predicted molar refractivity (Wildman–Crippen MR) is 266 cm³/mol. The van der Waals surface area contributed by atoms with Crippen molar-refractivity contribution in [3.63, 3.8) is 0 Å². The maximum atomic E-state index is 13.3. The molecule has 7 aromatic rings. The van der Waals surface area contributed by atoms with E-state index in [0.29, 0.717) is 49.7 Å². The molecule has 346 valence electrons. The molecule has 4 aromatic carbocycles. The van der Waals surface area contributed by atoms with E-state index in [1.165, 1.54) is 10.6 Å². The van der Waals surface area contributed by atoms with Crippen LogP contribution in [-0.4, -0.2) is 74.5 Å². The molecule has 0 spiro atoms. The zero-order valence-corrected chi connectivity index (χ0v) is 40.2. The number of hydroxylamine groups is 2. The number of ether oxygens (including phenoxy) is 3. The first kappa shape index (κ1) is 48.1. The summed E-state index contributed by atoms with van der Waals surface area (Å²) in [6.45, 7) is 7.96. The molecular weight excluding hydrogens is 869 g/mol. The van der Waals surface area contributed by atoms with Gasteiger partial charge in [0.2, 0.25) is 0 Å². The Morgan fingerprint density at radius 3 is 1.85 bits per heavy atom. The minimum atomic E-state index is -0.431. The van der Waals surface area contributed by atoms with Gasteiger partial charge < -0.3 is 19.0 Å². The lowest BCUT2D eigenvalue weighted by molar-refractivity contribution is -0.199. The lowest BCUT2D eigenvalue weighted by atomic mass is 10.2. The van der Waals surface area contributed by atoms with Crippen LogP contribution in [0.5, 0.6) is 11.5 Å². The number of carbonyl (C=O) groups is 2. The molecule has 3 heterocycles. The van der Waals surface area contributed by atoms with Crippen molar-refractivity contribution in [2.75, 3.05) is 33.5 Å². The number of imidazole rings is 2. The fraction of sp³-hybridized carbons (Fsp3) is 0.365. The fourth-order valence-electron chi connectivity index (χ4n) is 7.83. The number of methoxy groups -OCH3 is 1. The van der Waals surface area contributed by atoms with E-state index in [1.807, 2.05) is 42.5 Å². The number of hydrogen-bond donors (Lipinski definition) is 2. The maximum Gasteiger partial charge on any atom is 0.332 e. The van der Waals surface area contributed by atoms with Crippen LogP contribution in [0.15, 0.2) is 107 Å². The molecule has 0 aliphatic heterocycles. The van der Waals surface area contributed by atoms with Gasteiger partial charge in [0.05, 0.1) is 30.8 Å². The van der Waals surface area contributed by atoms with Crippen LogP contribution in [-0.2, 0) is 25.6 Å². The van der Waals surface area contributed by atoms with Crippen LogP contribution in [0.25, 0.3) is 45.0 Å². The van der Waals surface area contributed by atoms with Crippen molar-refractivity contribution in [2.24, 2.45) is 0 Å². The highest BCUT2D eigenvalue weighted by molar-refractivity contribution is 7.80. The summed E-state index contributed by atoms with van der Waals surface area (Å²) >= 11 is 9.57. The van der Waals surface area contributed by atoms with E-state index in [1.54, 1.807) is 13.3 Å². The number of unbranched alkanes of at least 4 members (excludes halogenated alkanes) is 4. The van der Waals surface area contributed by atoms with Gasteiger partial charge in [0.25, 0.3) is 5.91 Å². The van der Waals surface area contributed by atoms with E-state index in [9.17, 15) is 9.59 Å². The van der Waals surface area contributed by atoms with Crippen molar-refractivity contribution in [3.8, 4) is 34.4 Å². The van der Waals surface area contributed by atoms with Crippen molar-refractivity contribution in [2.45, 2.75) is 101 Å². The van der Waals surface area contributed by atoms with Crippen molar-refractivity contribution in [1.82, 2.24) is 29.1 Å². The summed E-state index contributed by atoms with van der Waals surface area (Å²) < 4.78 is 21.9. The summed E-state index contributed by atoms with van der Waals surface area (Å²) in [5.74, 6) is 2.47. The van der Waals surface area contributed by atoms with Crippen LogP contribution in [0.2, 0.25) is 0 Å². The SMILES string of the molecule is CCCc1nc2c(S)cc(OCCCCCC(=O)N(CCCOC)OC(=O)CCCCCOc3cc(S)c4nc(-c5ccccn5)n(-c5ccc(C)cc5)c4c3)cc2n1-c1ccc(C)cc1. The third-order valence-electron chi connectivity index (χ3n) is 11.2. The summed E-state index contributed by atoms with van der Waals surface area (Å²) in [6.07, 6.45) is 8.84. The first-order chi connectivity index (χ1) is 32.1. The van der Waals surface area contributed by atoms with Gasteiger partial charge in [-0.25, -0.2) is 14.8 Å². The van der Waals surface area contributed by atoms with E-state index in [0.717, 1.165) is 106 Å². The van der Waals surface area contributed by atoms with Gasteiger partial charge in [0.1, 0.15) is 34.1 Å². The van der Waals surface area contributed by atoms with Crippen molar-refractivity contribution >= 4 is 59.2 Å². The molecule has 0 radical (unpaired) electrons. The van der Waals surface area contributed by atoms with E-state index in [-0.39, 0.29) is 25.3 Å². The Hall–Kier alpha value is -5.83. The highest BCUT2D eigenvalue weighted by Crippen LogP contribution is 2.35. The topological polar surface area (TPSA) is 123 Å². The number of fused-ring (bicyclic) bond motifs is 2. The van der Waals surface area contributed by atoms with Gasteiger partial charge >= 0.3 is 5.97 Å². The number of aryl methyl sites for hydroxylation is 3. The standard InChI is InChI=1S/C52H60N6O6S2/c1-5-15-47-54-50-43(57(47)38-23-19-36(2)20-24-38)32-40(34-45(50)65)62-30-12-6-8-17-48(59)56(28-14-29-61-4)64-49(60)18-9-7-13-31-63-41-33-44-51(46(66)35-41)55-52(42-16-10-11-27-53-42)58(44)39-25-21-37(3)22-26-39/h10-11,16,19-27,32-35,65-66H,5-9,12-15,17-18,28-31H2,1-4H3. The molecule has 0 saturated heterocycles. The van der Waals surface area contributed by atoms with Crippen molar-refractivity contribution < 1.29 is 28.6 Å². The third-order valence-corrected chi connectivity index (χ3v) is 11.9.